The van der Waals surface area contributed by atoms with Crippen LogP contribution in [0.4, 0.5) is 11.4 Å². The van der Waals surface area contributed by atoms with Crippen LogP contribution >= 0.6 is 0 Å². The van der Waals surface area contributed by atoms with Crippen LogP contribution in [-0.4, -0.2) is 19.7 Å². The van der Waals surface area contributed by atoms with Gasteiger partial charge in [-0.1, -0.05) is 146 Å². The molecule has 12 aromatic rings. The molecule has 0 fully saturated rings. The van der Waals surface area contributed by atoms with Gasteiger partial charge in [-0.25, -0.2) is 0 Å². The van der Waals surface area contributed by atoms with E-state index in [1.807, 2.05) is 0 Å². The molecule has 4 heterocycles. The van der Waals surface area contributed by atoms with E-state index in [0.717, 1.165) is 23.5 Å². The number of rotatable bonds is 5. The molecule has 3 aromatic heterocycles. The van der Waals surface area contributed by atoms with Crippen molar-refractivity contribution in [2.45, 2.75) is 31.7 Å². The first-order valence-corrected chi connectivity index (χ1v) is 23.4. The number of benzene rings is 9. The van der Waals surface area contributed by atoms with Crippen LogP contribution in [0.25, 0.3) is 93.6 Å². The highest BCUT2D eigenvalue weighted by Gasteiger charge is 2.48. The maximum Gasteiger partial charge on any atom is 0.0561 e. The fourth-order valence-corrected chi connectivity index (χ4v) is 12.0. The van der Waals surface area contributed by atoms with Crippen molar-refractivity contribution >= 4 is 76.8 Å². The summed E-state index contributed by atoms with van der Waals surface area (Å²) < 4.78 is 7.30. The van der Waals surface area contributed by atoms with E-state index in [1.54, 1.807) is 0 Å². The summed E-state index contributed by atoms with van der Waals surface area (Å²) in [5.74, 6) is 0.532. The molecule has 0 spiro atoms. The SMILES string of the molecule is CC1C=C[C@@]2(C)c3ccccc3N(c3ccc4c5ccccc5n(-c5ccc(-c6ccc(-n7c8ccccc8c8ccc(-n9c%10ccccc%10c%10ccccc%109)cc87)cc6)cc5)c4c3)C2C1. The van der Waals surface area contributed by atoms with Crippen LogP contribution in [0.3, 0.4) is 0 Å². The highest BCUT2D eigenvalue weighted by molar-refractivity contribution is 6.13. The van der Waals surface area contributed by atoms with E-state index < -0.39 is 0 Å². The number of para-hydroxylation sites is 5. The maximum atomic E-state index is 2.63. The highest BCUT2D eigenvalue weighted by atomic mass is 15.2. The first kappa shape index (κ1) is 37.3. The van der Waals surface area contributed by atoms with Crippen molar-refractivity contribution < 1.29 is 0 Å². The van der Waals surface area contributed by atoms with Crippen molar-refractivity contribution in [2.75, 3.05) is 4.90 Å². The third kappa shape index (κ3) is 5.27. The monoisotopic (exact) mass is 846 g/mol. The zero-order valence-corrected chi connectivity index (χ0v) is 36.9. The lowest BCUT2D eigenvalue weighted by molar-refractivity contribution is 0.394. The summed E-state index contributed by atoms with van der Waals surface area (Å²) in [6, 6.07) is 76.9. The molecule has 1 aliphatic heterocycles. The van der Waals surface area contributed by atoms with Crippen molar-refractivity contribution in [1.29, 1.82) is 0 Å². The molecule has 9 aromatic carbocycles. The summed E-state index contributed by atoms with van der Waals surface area (Å²) in [4.78, 5) is 2.63. The minimum Gasteiger partial charge on any atom is -0.337 e. The van der Waals surface area contributed by atoms with E-state index in [-0.39, 0.29) is 5.41 Å². The molecular formula is C62H46N4. The Bertz CT molecular complexity index is 3900. The van der Waals surface area contributed by atoms with Crippen LogP contribution in [0, 0.1) is 5.92 Å². The Hall–Kier alpha value is -8.08. The fraction of sp³-hybridized carbons (Fsp3) is 0.0968. The normalized spacial score (nSPS) is 18.1. The van der Waals surface area contributed by atoms with E-state index in [2.05, 4.69) is 251 Å². The second-order valence-corrected chi connectivity index (χ2v) is 18.8. The van der Waals surface area contributed by atoms with E-state index >= 15 is 0 Å². The zero-order valence-electron chi connectivity index (χ0n) is 36.9. The minimum absolute atomic E-state index is 0.0276. The Morgan fingerprint density at radius 3 is 1.30 bits per heavy atom. The molecule has 4 nitrogen and oxygen atoms in total. The molecule has 2 unspecified atom stereocenters. The molecule has 3 atom stereocenters. The van der Waals surface area contributed by atoms with Crippen LogP contribution in [0.1, 0.15) is 25.8 Å². The Balaban J connectivity index is 0.845. The highest BCUT2D eigenvalue weighted by Crippen LogP contribution is 2.54. The Morgan fingerprint density at radius 2 is 0.788 bits per heavy atom. The topological polar surface area (TPSA) is 18.0 Å². The van der Waals surface area contributed by atoms with E-state index in [0.29, 0.717) is 12.0 Å². The van der Waals surface area contributed by atoms with Crippen molar-refractivity contribution in [3.63, 3.8) is 0 Å². The first-order valence-electron chi connectivity index (χ1n) is 23.4. The van der Waals surface area contributed by atoms with Crippen LogP contribution in [0.2, 0.25) is 0 Å². The standard InChI is InChI=1S/C62H46N4/c1-40-35-36-62(2)53-17-7-12-22-58(53)66(61(62)37-40)46-32-34-52-50-16-6-9-19-55(50)64(60(52)39-46)44-29-25-42(26-30-44)41-23-27-43(28-24-41)63-54-18-8-5-15-49(54)51-33-31-45(38-59(51)63)65-56-20-10-3-13-47(56)48-14-4-11-21-57(48)65/h3-36,38-40,61H,37H2,1-2H3/t40?,61?,62-/m0/s1. The summed E-state index contributed by atoms with van der Waals surface area (Å²) in [6.45, 7) is 4.78. The lowest BCUT2D eigenvalue weighted by atomic mass is 9.71. The molecule has 0 bridgehead atoms. The van der Waals surface area contributed by atoms with Crippen LogP contribution < -0.4 is 4.90 Å². The number of nitrogens with zero attached hydrogens (tertiary/aromatic N) is 4. The maximum absolute atomic E-state index is 2.63. The summed E-state index contributed by atoms with van der Waals surface area (Å²) >= 11 is 0. The Labute approximate surface area is 383 Å². The second-order valence-electron chi connectivity index (χ2n) is 18.8. The van der Waals surface area contributed by atoms with E-state index in [4.69, 9.17) is 0 Å². The van der Waals surface area contributed by atoms with Gasteiger partial charge < -0.3 is 18.6 Å². The number of hydrogen-bond acceptors (Lipinski definition) is 1. The predicted octanol–water partition coefficient (Wildman–Crippen LogP) is 16.0. The minimum atomic E-state index is -0.0276. The smallest absolute Gasteiger partial charge is 0.0561 e. The molecule has 66 heavy (non-hydrogen) atoms. The third-order valence-electron chi connectivity index (χ3n) is 15.1. The number of fused-ring (bicyclic) bond motifs is 12. The van der Waals surface area contributed by atoms with Crippen molar-refractivity contribution in [2.24, 2.45) is 5.92 Å². The molecule has 1 aliphatic carbocycles. The van der Waals surface area contributed by atoms with Crippen molar-refractivity contribution in [3.05, 3.63) is 224 Å². The van der Waals surface area contributed by atoms with Gasteiger partial charge in [0.05, 0.1) is 33.1 Å². The van der Waals surface area contributed by atoms with Crippen LogP contribution in [-0.2, 0) is 5.41 Å². The second kappa shape index (κ2) is 14.0. The molecule has 0 N–H and O–H groups in total. The lowest BCUT2D eigenvalue weighted by Crippen LogP contribution is -2.42. The van der Waals surface area contributed by atoms with Gasteiger partial charge in [-0.05, 0) is 115 Å². The van der Waals surface area contributed by atoms with Gasteiger partial charge in [0.1, 0.15) is 0 Å². The molecular weight excluding hydrogens is 801 g/mol. The number of anilines is 2. The molecule has 14 rings (SSSR count). The molecule has 2 aliphatic rings. The van der Waals surface area contributed by atoms with Crippen LogP contribution in [0.5, 0.6) is 0 Å². The quantitative estimate of drug-likeness (QED) is 0.158. The number of hydrogen-bond donors (Lipinski definition) is 0. The average molecular weight is 847 g/mol. The molecule has 0 saturated heterocycles. The third-order valence-corrected chi connectivity index (χ3v) is 15.1. The van der Waals surface area contributed by atoms with E-state index in [9.17, 15) is 0 Å². The van der Waals surface area contributed by atoms with Crippen LogP contribution in [0.15, 0.2) is 218 Å². The molecule has 0 saturated carbocycles. The summed E-state index contributed by atoms with van der Waals surface area (Å²) in [5, 5.41) is 7.58. The van der Waals surface area contributed by atoms with Gasteiger partial charge >= 0.3 is 0 Å². The van der Waals surface area contributed by atoms with Gasteiger partial charge in [-0.15, -0.1) is 0 Å². The molecule has 0 radical (unpaired) electrons. The summed E-state index contributed by atoms with van der Waals surface area (Å²) in [6.07, 6.45) is 6.02. The molecule has 0 amide bonds. The largest absolute Gasteiger partial charge is 0.337 e. The molecule has 314 valence electrons. The van der Waals surface area contributed by atoms with Gasteiger partial charge in [0.15, 0.2) is 0 Å². The average Bonchev–Trinajstić information content (AvgIpc) is 4.07. The fourth-order valence-electron chi connectivity index (χ4n) is 12.0. The lowest BCUT2D eigenvalue weighted by Gasteiger charge is -2.39. The van der Waals surface area contributed by atoms with E-state index in [1.165, 1.54) is 93.5 Å². The predicted molar refractivity (Wildman–Crippen MR) is 278 cm³/mol. The zero-order chi connectivity index (χ0) is 43.7. The summed E-state index contributed by atoms with van der Waals surface area (Å²) in [5.41, 5.74) is 17.1. The van der Waals surface area contributed by atoms with Gasteiger partial charge in [-0.2, -0.15) is 0 Å². The summed E-state index contributed by atoms with van der Waals surface area (Å²) in [7, 11) is 0. The molecule has 4 heteroatoms. The number of allylic oxidation sites excluding steroid dienone is 1. The van der Waals surface area contributed by atoms with Gasteiger partial charge in [0.2, 0.25) is 0 Å². The van der Waals surface area contributed by atoms with Crippen molar-refractivity contribution in [3.8, 4) is 28.2 Å². The van der Waals surface area contributed by atoms with Gasteiger partial charge in [0, 0.05) is 72.2 Å². The Kier molecular flexibility index (Phi) is 7.89. The first-order chi connectivity index (χ1) is 32.5. The Morgan fingerprint density at radius 1 is 0.394 bits per heavy atom. The van der Waals surface area contributed by atoms with Crippen molar-refractivity contribution in [1.82, 2.24) is 13.7 Å². The van der Waals surface area contributed by atoms with Gasteiger partial charge in [-0.3, -0.25) is 0 Å². The number of aromatic nitrogens is 3. The van der Waals surface area contributed by atoms with Gasteiger partial charge in [0.25, 0.3) is 0 Å².